The lowest BCUT2D eigenvalue weighted by atomic mass is 10.1. The van der Waals surface area contributed by atoms with E-state index >= 15 is 0 Å². The van der Waals surface area contributed by atoms with Crippen LogP contribution in [-0.2, 0) is 0 Å². The minimum absolute atomic E-state index is 0.346. The zero-order chi connectivity index (χ0) is 13.2. The molecular formula is C14H8N4O. The van der Waals surface area contributed by atoms with Gasteiger partial charge in [0.1, 0.15) is 5.52 Å². The van der Waals surface area contributed by atoms with Crippen molar-refractivity contribution in [3.05, 3.63) is 59.3 Å². The van der Waals surface area contributed by atoms with Gasteiger partial charge in [-0.25, -0.2) is 4.98 Å². The Morgan fingerprint density at radius 3 is 2.53 bits per heavy atom. The van der Waals surface area contributed by atoms with Gasteiger partial charge in [0.25, 0.3) is 5.52 Å². The largest absolute Gasteiger partial charge is 0.594 e. The molecule has 3 aromatic rings. The van der Waals surface area contributed by atoms with Gasteiger partial charge in [0.05, 0.1) is 11.6 Å². The van der Waals surface area contributed by atoms with Crippen LogP contribution in [0, 0.1) is 16.5 Å². The first-order valence-electron chi connectivity index (χ1n) is 5.65. The Labute approximate surface area is 109 Å². The van der Waals surface area contributed by atoms with Gasteiger partial charge in [0.2, 0.25) is 5.82 Å². The van der Waals surface area contributed by atoms with Crippen molar-refractivity contribution in [1.29, 1.82) is 5.26 Å². The number of benzene rings is 2. The fourth-order valence-electron chi connectivity index (χ4n) is 1.81. The normalized spacial score (nSPS) is 10.3. The van der Waals surface area contributed by atoms with Gasteiger partial charge in [-0.05, 0) is 35.2 Å². The predicted octanol–water partition coefficient (Wildman–Crippen LogP) is 1.80. The van der Waals surface area contributed by atoms with Gasteiger partial charge in [-0.15, -0.1) is 0 Å². The Hall–Kier alpha value is -3.00. The number of hydrogen-bond acceptors (Lipinski definition) is 4. The molecule has 3 rings (SSSR count). The molecule has 0 aliphatic heterocycles. The highest BCUT2D eigenvalue weighted by Gasteiger charge is 2.11. The summed E-state index contributed by atoms with van der Waals surface area (Å²) in [4.78, 5) is 4.91. The number of fused-ring (bicyclic) bond motifs is 1. The van der Waals surface area contributed by atoms with Crippen molar-refractivity contribution in [1.82, 2.24) is 10.1 Å². The van der Waals surface area contributed by atoms with E-state index in [1.54, 1.807) is 42.5 Å². The highest BCUT2D eigenvalue weighted by atomic mass is 16.5. The summed E-state index contributed by atoms with van der Waals surface area (Å²) in [6, 6.07) is 15.8. The summed E-state index contributed by atoms with van der Waals surface area (Å²) in [5.74, 6) is 0.346. The number of aromatic nitrogens is 3. The average molecular weight is 248 g/mol. The van der Waals surface area contributed by atoms with Gasteiger partial charge >= 0.3 is 0 Å². The lowest BCUT2D eigenvalue weighted by Gasteiger charge is -2.02. The van der Waals surface area contributed by atoms with Gasteiger partial charge in [0, 0.05) is 16.7 Å². The summed E-state index contributed by atoms with van der Waals surface area (Å²) < 4.78 is 0. The molecule has 0 spiro atoms. The molecule has 0 bridgehead atoms. The Morgan fingerprint density at radius 2 is 1.79 bits per heavy atom. The lowest BCUT2D eigenvalue weighted by Crippen LogP contribution is -2.33. The van der Waals surface area contributed by atoms with Crippen LogP contribution in [0.25, 0.3) is 22.4 Å². The van der Waals surface area contributed by atoms with E-state index in [-0.39, 0.29) is 0 Å². The Balaban J connectivity index is 2.17. The number of rotatable bonds is 1. The van der Waals surface area contributed by atoms with E-state index in [1.807, 2.05) is 12.1 Å². The smallest absolute Gasteiger partial charge is 0.270 e. The third kappa shape index (κ3) is 1.96. The summed E-state index contributed by atoms with van der Waals surface area (Å²) >= 11 is 0. The molecule has 0 saturated carbocycles. The fourth-order valence-corrected chi connectivity index (χ4v) is 1.81. The van der Waals surface area contributed by atoms with Crippen molar-refractivity contribution in [2.75, 3.05) is 0 Å². The average Bonchev–Trinajstić information content (AvgIpc) is 2.47. The molecule has 0 aliphatic rings. The zero-order valence-corrected chi connectivity index (χ0v) is 9.82. The highest BCUT2D eigenvalue weighted by molar-refractivity contribution is 5.72. The molecular weight excluding hydrogens is 240 g/mol. The first kappa shape index (κ1) is 11.1. The predicted molar refractivity (Wildman–Crippen MR) is 68.6 cm³/mol. The molecule has 0 atom stereocenters. The molecule has 90 valence electrons. The summed E-state index contributed by atoms with van der Waals surface area (Å²) in [5, 5.41) is 24.5. The monoisotopic (exact) mass is 248 g/mol. The fraction of sp³-hybridized carbons (Fsp3) is 0. The number of nitrogens with zero attached hydrogens (tertiary/aromatic N) is 4. The van der Waals surface area contributed by atoms with E-state index in [1.165, 1.54) is 0 Å². The topological polar surface area (TPSA) is 76.5 Å². The third-order valence-corrected chi connectivity index (χ3v) is 2.77. The Bertz CT molecular complexity index is 791. The van der Waals surface area contributed by atoms with E-state index in [9.17, 15) is 5.21 Å². The van der Waals surface area contributed by atoms with Crippen molar-refractivity contribution in [2.24, 2.45) is 0 Å². The molecule has 19 heavy (non-hydrogen) atoms. The second-order valence-corrected chi connectivity index (χ2v) is 3.99. The molecule has 2 aromatic carbocycles. The number of nitriles is 1. The molecule has 0 aliphatic carbocycles. The maximum absolute atomic E-state index is 11.8. The van der Waals surface area contributed by atoms with Crippen LogP contribution < -0.4 is 4.85 Å². The standard InChI is InChI=1S/C14H8N4O/c15-9-10-5-7-11(8-6-10)14-16-12-3-1-2-4-13(12)18(19)17-14/h1-8H. The Kier molecular flexibility index (Phi) is 2.54. The van der Waals surface area contributed by atoms with Crippen molar-refractivity contribution in [3.63, 3.8) is 0 Å². The van der Waals surface area contributed by atoms with Crippen LogP contribution in [0.5, 0.6) is 0 Å². The molecule has 0 amide bonds. The number of hydrogen-bond donors (Lipinski definition) is 0. The molecule has 0 fully saturated rings. The third-order valence-electron chi connectivity index (χ3n) is 2.77. The lowest BCUT2D eigenvalue weighted by molar-refractivity contribution is -0.642. The van der Waals surface area contributed by atoms with Crippen molar-refractivity contribution in [2.45, 2.75) is 0 Å². The highest BCUT2D eigenvalue weighted by Crippen LogP contribution is 2.16. The summed E-state index contributed by atoms with van der Waals surface area (Å²) in [7, 11) is 0. The van der Waals surface area contributed by atoms with E-state index in [4.69, 9.17) is 5.26 Å². The number of para-hydroxylation sites is 2. The van der Waals surface area contributed by atoms with Gasteiger partial charge in [-0.2, -0.15) is 5.26 Å². The second kappa shape index (κ2) is 4.35. The summed E-state index contributed by atoms with van der Waals surface area (Å²) in [5.41, 5.74) is 2.28. The molecule has 1 aromatic heterocycles. The second-order valence-electron chi connectivity index (χ2n) is 3.99. The van der Waals surface area contributed by atoms with Crippen LogP contribution >= 0.6 is 0 Å². The SMILES string of the molecule is N#Cc1ccc(-c2nc3ccccc3[n+]([O-])n2)cc1. The minimum Gasteiger partial charge on any atom is -0.594 e. The molecule has 5 nitrogen and oxygen atoms in total. The van der Waals surface area contributed by atoms with Crippen molar-refractivity contribution < 1.29 is 4.85 Å². The molecule has 0 radical (unpaired) electrons. The maximum Gasteiger partial charge on any atom is 0.270 e. The minimum atomic E-state index is 0.346. The Morgan fingerprint density at radius 1 is 1.05 bits per heavy atom. The molecule has 0 unspecified atom stereocenters. The van der Waals surface area contributed by atoms with Crippen LogP contribution in [0.1, 0.15) is 5.56 Å². The molecule has 0 saturated heterocycles. The van der Waals surface area contributed by atoms with Crippen molar-refractivity contribution in [3.8, 4) is 17.5 Å². The van der Waals surface area contributed by atoms with Crippen LogP contribution in [0.15, 0.2) is 48.5 Å². The van der Waals surface area contributed by atoms with E-state index < -0.39 is 0 Å². The van der Waals surface area contributed by atoms with Gasteiger partial charge < -0.3 is 5.21 Å². The molecule has 1 heterocycles. The van der Waals surface area contributed by atoms with Crippen LogP contribution in [0.3, 0.4) is 0 Å². The van der Waals surface area contributed by atoms with Crippen LogP contribution in [-0.4, -0.2) is 10.1 Å². The first-order valence-corrected chi connectivity index (χ1v) is 5.65. The molecule has 5 heteroatoms. The van der Waals surface area contributed by atoms with Crippen LogP contribution in [0.2, 0.25) is 0 Å². The molecule has 0 N–H and O–H groups in total. The summed E-state index contributed by atoms with van der Waals surface area (Å²) in [6.45, 7) is 0. The zero-order valence-electron chi connectivity index (χ0n) is 9.82. The van der Waals surface area contributed by atoms with Gasteiger partial charge in [0.15, 0.2) is 0 Å². The first-order chi connectivity index (χ1) is 9.28. The van der Waals surface area contributed by atoms with Crippen LogP contribution in [0.4, 0.5) is 0 Å². The van der Waals surface area contributed by atoms with E-state index in [2.05, 4.69) is 10.1 Å². The van der Waals surface area contributed by atoms with Gasteiger partial charge in [-0.1, -0.05) is 12.1 Å². The maximum atomic E-state index is 11.8. The van der Waals surface area contributed by atoms with Gasteiger partial charge in [-0.3, -0.25) is 0 Å². The van der Waals surface area contributed by atoms with Crippen molar-refractivity contribution >= 4 is 11.0 Å². The van der Waals surface area contributed by atoms with E-state index in [0.717, 1.165) is 0 Å². The summed E-state index contributed by atoms with van der Waals surface area (Å²) in [6.07, 6.45) is 0. The quantitative estimate of drug-likeness (QED) is 0.486. The van der Waals surface area contributed by atoms with E-state index in [0.29, 0.717) is 32.8 Å².